The molecule has 9 nitrogen and oxygen atoms in total. The molecule has 0 radical (unpaired) electrons. The first-order chi connectivity index (χ1) is 15.2. The van der Waals surface area contributed by atoms with Gasteiger partial charge in [-0.1, -0.05) is 0 Å². The van der Waals surface area contributed by atoms with Gasteiger partial charge in [-0.3, -0.25) is 5.10 Å². The Kier molecular flexibility index (Phi) is 4.53. The molecule has 162 valence electrons. The van der Waals surface area contributed by atoms with Crippen LogP contribution in [0.15, 0.2) is 24.5 Å². The van der Waals surface area contributed by atoms with Gasteiger partial charge in [-0.2, -0.15) is 5.10 Å². The Morgan fingerprint density at radius 2 is 2.10 bits per heavy atom. The van der Waals surface area contributed by atoms with Crippen molar-refractivity contribution >= 4 is 22.8 Å². The van der Waals surface area contributed by atoms with Crippen molar-refractivity contribution in [3.05, 3.63) is 24.5 Å². The summed E-state index contributed by atoms with van der Waals surface area (Å²) in [7, 11) is 0. The Labute approximate surface area is 180 Å². The number of piperidine rings is 1. The van der Waals surface area contributed by atoms with Gasteiger partial charge in [0.2, 0.25) is 5.95 Å². The highest BCUT2D eigenvalue weighted by Crippen LogP contribution is 2.38. The molecule has 31 heavy (non-hydrogen) atoms. The summed E-state index contributed by atoms with van der Waals surface area (Å²) in [6.45, 7) is 5.09. The first-order valence-corrected chi connectivity index (χ1v) is 11.3. The highest BCUT2D eigenvalue weighted by Gasteiger charge is 2.44. The lowest BCUT2D eigenvalue weighted by Gasteiger charge is -2.34. The SMILES string of the molecule is CC1CN(c2ccc(-c3n[nH]c4cnc(N5[C@@H]6CCC[C@H]5[C@@H](O)C6)nc34)cn2)CCN1. The molecule has 2 bridgehead atoms. The van der Waals surface area contributed by atoms with E-state index in [1.54, 1.807) is 6.20 Å². The Hall–Kier alpha value is -2.78. The van der Waals surface area contributed by atoms with E-state index in [2.05, 4.69) is 49.4 Å². The normalized spacial score (nSPS) is 28.5. The smallest absolute Gasteiger partial charge is 0.226 e. The quantitative estimate of drug-likeness (QED) is 0.588. The molecule has 0 aliphatic carbocycles. The molecular weight excluding hydrogens is 392 g/mol. The van der Waals surface area contributed by atoms with Crippen LogP contribution in [0.5, 0.6) is 0 Å². The van der Waals surface area contributed by atoms with Crippen molar-refractivity contribution < 1.29 is 5.11 Å². The fourth-order valence-corrected chi connectivity index (χ4v) is 5.45. The van der Waals surface area contributed by atoms with Gasteiger partial charge in [0.05, 0.1) is 18.3 Å². The summed E-state index contributed by atoms with van der Waals surface area (Å²) >= 11 is 0. The lowest BCUT2D eigenvalue weighted by Crippen LogP contribution is -2.49. The van der Waals surface area contributed by atoms with Crippen molar-refractivity contribution in [2.75, 3.05) is 29.4 Å². The van der Waals surface area contributed by atoms with Crippen molar-refractivity contribution in [1.82, 2.24) is 30.5 Å². The molecule has 0 spiro atoms. The molecule has 6 rings (SSSR count). The van der Waals surface area contributed by atoms with E-state index in [9.17, 15) is 5.11 Å². The minimum atomic E-state index is -0.292. The van der Waals surface area contributed by atoms with Gasteiger partial charge >= 0.3 is 0 Å². The maximum absolute atomic E-state index is 10.5. The molecule has 0 amide bonds. The number of aromatic nitrogens is 5. The van der Waals surface area contributed by atoms with Gasteiger partial charge in [0.25, 0.3) is 0 Å². The van der Waals surface area contributed by atoms with Crippen LogP contribution in [-0.2, 0) is 0 Å². The molecule has 0 aromatic carbocycles. The first kappa shape index (κ1) is 18.9. The summed E-state index contributed by atoms with van der Waals surface area (Å²) in [6, 6.07) is 5.04. The van der Waals surface area contributed by atoms with Crippen LogP contribution in [0.4, 0.5) is 11.8 Å². The minimum Gasteiger partial charge on any atom is -0.391 e. The largest absolute Gasteiger partial charge is 0.391 e. The van der Waals surface area contributed by atoms with Gasteiger partial charge in [0, 0.05) is 43.5 Å². The third-order valence-electron chi connectivity index (χ3n) is 6.98. The average molecular weight is 421 g/mol. The number of anilines is 2. The van der Waals surface area contributed by atoms with E-state index in [1.165, 1.54) is 0 Å². The van der Waals surface area contributed by atoms with Crippen molar-refractivity contribution in [3.8, 4) is 11.3 Å². The zero-order valence-electron chi connectivity index (χ0n) is 17.7. The number of H-pyrrole nitrogens is 1. The fourth-order valence-electron chi connectivity index (χ4n) is 5.45. The molecule has 9 heteroatoms. The van der Waals surface area contributed by atoms with E-state index in [0.717, 1.165) is 73.4 Å². The minimum absolute atomic E-state index is 0.119. The second-order valence-corrected chi connectivity index (χ2v) is 9.07. The van der Waals surface area contributed by atoms with Crippen LogP contribution in [0.1, 0.15) is 32.6 Å². The van der Waals surface area contributed by atoms with Crippen molar-refractivity contribution in [3.63, 3.8) is 0 Å². The first-order valence-electron chi connectivity index (χ1n) is 11.3. The molecule has 4 atom stereocenters. The van der Waals surface area contributed by atoms with Gasteiger partial charge in [-0.05, 0) is 44.7 Å². The number of pyridine rings is 1. The predicted octanol–water partition coefficient (Wildman–Crippen LogP) is 1.71. The molecule has 3 aliphatic heterocycles. The second-order valence-electron chi connectivity index (χ2n) is 9.07. The molecule has 3 aromatic rings. The number of aliphatic hydroxyl groups excluding tert-OH is 1. The topological polar surface area (TPSA) is 106 Å². The second kappa shape index (κ2) is 7.42. The van der Waals surface area contributed by atoms with E-state index >= 15 is 0 Å². The maximum Gasteiger partial charge on any atom is 0.226 e. The van der Waals surface area contributed by atoms with Crippen LogP contribution in [0, 0.1) is 0 Å². The zero-order chi connectivity index (χ0) is 20.9. The molecule has 3 N–H and O–H groups in total. The summed E-state index contributed by atoms with van der Waals surface area (Å²) in [5.74, 6) is 1.69. The Morgan fingerprint density at radius 3 is 2.90 bits per heavy atom. The Morgan fingerprint density at radius 1 is 1.16 bits per heavy atom. The number of nitrogens with one attached hydrogen (secondary N) is 2. The Balaban J connectivity index is 1.32. The third-order valence-corrected chi connectivity index (χ3v) is 6.98. The lowest BCUT2D eigenvalue weighted by molar-refractivity contribution is 0.162. The number of rotatable bonds is 3. The van der Waals surface area contributed by atoms with Crippen molar-refractivity contribution in [2.24, 2.45) is 0 Å². The molecule has 1 unspecified atom stereocenters. The van der Waals surface area contributed by atoms with Gasteiger partial charge in [-0.15, -0.1) is 0 Å². The van der Waals surface area contributed by atoms with Crippen LogP contribution in [-0.4, -0.2) is 74.1 Å². The summed E-state index contributed by atoms with van der Waals surface area (Å²) in [6.07, 6.45) is 7.44. The summed E-state index contributed by atoms with van der Waals surface area (Å²) in [5.41, 5.74) is 3.33. The number of aromatic amines is 1. The third kappa shape index (κ3) is 3.23. The number of piperazine rings is 1. The van der Waals surface area contributed by atoms with E-state index < -0.39 is 0 Å². The maximum atomic E-state index is 10.5. The average Bonchev–Trinajstić information content (AvgIpc) is 3.29. The van der Waals surface area contributed by atoms with Gasteiger partial charge in [-0.25, -0.2) is 15.0 Å². The molecular formula is C22H28N8O. The monoisotopic (exact) mass is 420 g/mol. The van der Waals surface area contributed by atoms with E-state index in [-0.39, 0.29) is 12.1 Å². The van der Waals surface area contributed by atoms with Gasteiger partial charge in [0.1, 0.15) is 22.5 Å². The van der Waals surface area contributed by atoms with Crippen molar-refractivity contribution in [1.29, 1.82) is 0 Å². The van der Waals surface area contributed by atoms with E-state index in [4.69, 9.17) is 9.97 Å². The molecule has 0 saturated carbocycles. The van der Waals surface area contributed by atoms with Gasteiger partial charge < -0.3 is 20.2 Å². The molecule has 3 fully saturated rings. The number of nitrogens with zero attached hydrogens (tertiary/aromatic N) is 6. The zero-order valence-corrected chi connectivity index (χ0v) is 17.7. The highest BCUT2D eigenvalue weighted by molar-refractivity contribution is 5.89. The predicted molar refractivity (Wildman–Crippen MR) is 119 cm³/mol. The van der Waals surface area contributed by atoms with Gasteiger partial charge in [0.15, 0.2) is 0 Å². The number of fused-ring (bicyclic) bond motifs is 3. The van der Waals surface area contributed by atoms with Crippen LogP contribution < -0.4 is 15.1 Å². The molecule has 3 saturated heterocycles. The summed E-state index contributed by atoms with van der Waals surface area (Å²) in [5, 5.41) is 21.5. The lowest BCUT2D eigenvalue weighted by atomic mass is 10.0. The standard InChI is InChI=1S/C22H28N8O/c1-13-12-29(8-7-23-13)19-6-5-14(10-24-19)20-21-16(27-28-20)11-25-22(26-21)30-15-3-2-4-17(30)18(31)9-15/h5-6,10-11,13,15,17-18,23,31H,2-4,7-9,12H2,1H3,(H,27,28)/t13?,15-,17+,18+/m1/s1. The summed E-state index contributed by atoms with van der Waals surface area (Å²) < 4.78 is 0. The molecule has 3 aromatic heterocycles. The van der Waals surface area contributed by atoms with Crippen LogP contribution in [0.25, 0.3) is 22.3 Å². The number of hydrogen-bond donors (Lipinski definition) is 3. The number of hydrogen-bond acceptors (Lipinski definition) is 8. The van der Waals surface area contributed by atoms with E-state index in [0.29, 0.717) is 18.0 Å². The highest BCUT2D eigenvalue weighted by atomic mass is 16.3. The van der Waals surface area contributed by atoms with Crippen LogP contribution in [0.2, 0.25) is 0 Å². The van der Waals surface area contributed by atoms with E-state index in [1.807, 2.05) is 6.20 Å². The molecule has 6 heterocycles. The number of aliphatic hydroxyl groups is 1. The van der Waals surface area contributed by atoms with Crippen LogP contribution >= 0.6 is 0 Å². The fraction of sp³-hybridized carbons (Fsp3) is 0.545. The van der Waals surface area contributed by atoms with Crippen LogP contribution in [0.3, 0.4) is 0 Å². The molecule has 3 aliphatic rings. The van der Waals surface area contributed by atoms with Crippen molar-refractivity contribution in [2.45, 2.75) is 56.8 Å². The summed E-state index contributed by atoms with van der Waals surface area (Å²) in [4.78, 5) is 18.8. The Bertz CT molecular complexity index is 1080.